The molecule has 0 bridgehead atoms. The minimum atomic E-state index is -3.97. The van der Waals surface area contributed by atoms with Crippen molar-refractivity contribution in [3.8, 4) is 5.75 Å². The van der Waals surface area contributed by atoms with Crippen molar-refractivity contribution in [2.24, 2.45) is 11.1 Å². The van der Waals surface area contributed by atoms with Gasteiger partial charge in [-0.1, -0.05) is 20.3 Å². The van der Waals surface area contributed by atoms with E-state index < -0.39 is 16.0 Å². The van der Waals surface area contributed by atoms with Crippen LogP contribution in [0.25, 0.3) is 0 Å². The molecule has 1 atom stereocenters. The van der Waals surface area contributed by atoms with Crippen LogP contribution in [0.5, 0.6) is 5.75 Å². The number of nitrogens with two attached hydrogens (primary N) is 1. The molecule has 0 saturated heterocycles. The van der Waals surface area contributed by atoms with Crippen molar-refractivity contribution >= 4 is 16.0 Å². The summed E-state index contributed by atoms with van der Waals surface area (Å²) in [4.78, 5) is 11.7. The number of sulfonamides is 1. The molecule has 0 fully saturated rings. The Hall–Kier alpha value is -1.60. The summed E-state index contributed by atoms with van der Waals surface area (Å²) in [5, 5.41) is 5.10. The van der Waals surface area contributed by atoms with Crippen LogP contribution < -0.4 is 9.88 Å². The molecule has 118 valence electrons. The first kappa shape index (κ1) is 17.5. The molecule has 0 amide bonds. The van der Waals surface area contributed by atoms with E-state index in [1.165, 1.54) is 25.3 Å². The number of hydrogen-bond acceptors (Lipinski definition) is 5. The number of methoxy groups -OCH3 is 1. The monoisotopic (exact) mass is 315 g/mol. The first-order chi connectivity index (χ1) is 9.79. The molecule has 6 nitrogen and oxygen atoms in total. The fraction of sp³-hybridized carbons (Fsp3) is 0.500. The van der Waals surface area contributed by atoms with E-state index in [1.54, 1.807) is 0 Å². The molecule has 0 aliphatic carbocycles. The van der Waals surface area contributed by atoms with Gasteiger partial charge in [0.15, 0.2) is 0 Å². The van der Waals surface area contributed by atoms with E-state index in [0.717, 1.165) is 12.8 Å². The first-order valence-corrected chi connectivity index (χ1v) is 8.22. The summed E-state index contributed by atoms with van der Waals surface area (Å²) in [6.07, 6.45) is 1.97. The van der Waals surface area contributed by atoms with Gasteiger partial charge >= 0.3 is 5.97 Å². The van der Waals surface area contributed by atoms with E-state index in [0.29, 0.717) is 6.61 Å². The van der Waals surface area contributed by atoms with E-state index in [-0.39, 0.29) is 22.1 Å². The second kappa shape index (κ2) is 7.42. The molecule has 1 aromatic rings. The molecule has 2 N–H and O–H groups in total. The molecular weight excluding hydrogens is 294 g/mol. The zero-order valence-electron chi connectivity index (χ0n) is 12.5. The van der Waals surface area contributed by atoms with Gasteiger partial charge in [0.05, 0.1) is 19.3 Å². The summed E-state index contributed by atoms with van der Waals surface area (Å²) < 4.78 is 33.1. The van der Waals surface area contributed by atoms with Crippen molar-refractivity contribution in [2.45, 2.75) is 31.6 Å². The minimum Gasteiger partial charge on any atom is -0.495 e. The van der Waals surface area contributed by atoms with Crippen LogP contribution in [0.4, 0.5) is 0 Å². The van der Waals surface area contributed by atoms with Crippen molar-refractivity contribution in [1.29, 1.82) is 0 Å². The number of ether oxygens (including phenoxy) is 2. The molecule has 0 aliphatic heterocycles. The van der Waals surface area contributed by atoms with Gasteiger partial charge in [0, 0.05) is 0 Å². The fourth-order valence-corrected chi connectivity index (χ4v) is 2.63. The molecule has 0 aromatic heterocycles. The summed E-state index contributed by atoms with van der Waals surface area (Å²) in [6, 6.07) is 3.99. The molecule has 0 aliphatic rings. The predicted molar refractivity (Wildman–Crippen MR) is 78.7 cm³/mol. The van der Waals surface area contributed by atoms with E-state index in [4.69, 9.17) is 14.6 Å². The lowest BCUT2D eigenvalue weighted by molar-refractivity contribution is 0.0443. The van der Waals surface area contributed by atoms with Gasteiger partial charge in [-0.3, -0.25) is 0 Å². The van der Waals surface area contributed by atoms with Crippen molar-refractivity contribution in [3.05, 3.63) is 23.8 Å². The van der Waals surface area contributed by atoms with Crippen LogP contribution in [0.3, 0.4) is 0 Å². The van der Waals surface area contributed by atoms with Gasteiger partial charge in [-0.2, -0.15) is 0 Å². The van der Waals surface area contributed by atoms with Crippen LogP contribution in [0.1, 0.15) is 37.0 Å². The number of esters is 1. The van der Waals surface area contributed by atoms with Gasteiger partial charge in [-0.15, -0.1) is 0 Å². The maximum atomic E-state index is 11.9. The topological polar surface area (TPSA) is 95.7 Å². The zero-order valence-corrected chi connectivity index (χ0v) is 13.3. The average molecular weight is 315 g/mol. The number of hydrogen-bond donors (Lipinski definition) is 1. The lowest BCUT2D eigenvalue weighted by atomic mass is 10.1. The zero-order chi connectivity index (χ0) is 16.0. The van der Waals surface area contributed by atoms with E-state index in [1.807, 2.05) is 6.92 Å². The van der Waals surface area contributed by atoms with Crippen molar-refractivity contribution in [2.75, 3.05) is 13.7 Å². The molecule has 0 heterocycles. The van der Waals surface area contributed by atoms with Crippen LogP contribution in [0, 0.1) is 5.92 Å². The van der Waals surface area contributed by atoms with Gasteiger partial charge < -0.3 is 9.47 Å². The SMILES string of the molecule is CCCC(C)COC(=O)c1ccc(OC)c(S(N)(=O)=O)c1. The summed E-state index contributed by atoms with van der Waals surface area (Å²) in [5.74, 6) is -0.228. The summed E-state index contributed by atoms with van der Waals surface area (Å²) in [6.45, 7) is 4.34. The van der Waals surface area contributed by atoms with Crippen LogP contribution in [-0.4, -0.2) is 28.1 Å². The lowest BCUT2D eigenvalue weighted by Crippen LogP contribution is -2.16. The van der Waals surface area contributed by atoms with E-state index in [9.17, 15) is 13.2 Å². The highest BCUT2D eigenvalue weighted by molar-refractivity contribution is 7.89. The van der Waals surface area contributed by atoms with E-state index >= 15 is 0 Å². The Balaban J connectivity index is 2.91. The molecule has 7 heteroatoms. The van der Waals surface area contributed by atoms with Crippen molar-refractivity contribution in [3.63, 3.8) is 0 Å². The molecular formula is C14H21NO5S. The molecule has 1 aromatic carbocycles. The highest BCUT2D eigenvalue weighted by atomic mass is 32.2. The molecule has 0 radical (unpaired) electrons. The van der Waals surface area contributed by atoms with Gasteiger partial charge in [0.1, 0.15) is 10.6 Å². The summed E-state index contributed by atoms with van der Waals surface area (Å²) in [5.41, 5.74) is 0.128. The highest BCUT2D eigenvalue weighted by Gasteiger charge is 2.19. The number of rotatable bonds is 7. The van der Waals surface area contributed by atoms with Crippen molar-refractivity contribution < 1.29 is 22.7 Å². The maximum absolute atomic E-state index is 11.9. The van der Waals surface area contributed by atoms with Crippen LogP contribution >= 0.6 is 0 Å². The second-order valence-electron chi connectivity index (χ2n) is 4.90. The highest BCUT2D eigenvalue weighted by Crippen LogP contribution is 2.24. The Morgan fingerprint density at radius 3 is 2.57 bits per heavy atom. The predicted octanol–water partition coefficient (Wildman–Crippen LogP) is 1.94. The number of carbonyl (C=O) groups is 1. The minimum absolute atomic E-state index is 0.0911. The van der Waals surface area contributed by atoms with Crippen LogP contribution in [0.15, 0.2) is 23.1 Å². The smallest absolute Gasteiger partial charge is 0.338 e. The second-order valence-corrected chi connectivity index (χ2v) is 6.43. The molecule has 0 saturated carbocycles. The van der Waals surface area contributed by atoms with E-state index in [2.05, 4.69) is 6.92 Å². The lowest BCUT2D eigenvalue weighted by Gasteiger charge is -2.12. The number of carbonyl (C=O) groups excluding carboxylic acids is 1. The van der Waals surface area contributed by atoms with Crippen LogP contribution in [-0.2, 0) is 14.8 Å². The quantitative estimate of drug-likeness (QED) is 0.776. The summed E-state index contributed by atoms with van der Waals surface area (Å²) in [7, 11) is -2.65. The van der Waals surface area contributed by atoms with Gasteiger partial charge in [0.2, 0.25) is 10.0 Å². The third kappa shape index (κ3) is 5.02. The first-order valence-electron chi connectivity index (χ1n) is 6.67. The van der Waals surface area contributed by atoms with Gasteiger partial charge in [-0.05, 0) is 30.5 Å². The largest absolute Gasteiger partial charge is 0.495 e. The molecule has 1 unspecified atom stereocenters. The normalized spacial score (nSPS) is 12.8. The van der Waals surface area contributed by atoms with Gasteiger partial charge in [0.25, 0.3) is 0 Å². The maximum Gasteiger partial charge on any atom is 0.338 e. The number of benzene rings is 1. The number of primary sulfonamides is 1. The Bertz CT molecular complexity index is 597. The standard InChI is InChI=1S/C14H21NO5S/c1-4-5-10(2)9-20-14(16)11-6-7-12(19-3)13(8-11)21(15,17)18/h6-8,10H,4-5,9H2,1-3H3,(H2,15,17,18). The van der Waals surface area contributed by atoms with Crippen LogP contribution in [0.2, 0.25) is 0 Å². The Morgan fingerprint density at radius 1 is 1.38 bits per heavy atom. The average Bonchev–Trinajstić information content (AvgIpc) is 2.43. The fourth-order valence-electron chi connectivity index (χ4n) is 1.90. The molecule has 21 heavy (non-hydrogen) atoms. The van der Waals surface area contributed by atoms with Gasteiger partial charge in [-0.25, -0.2) is 18.4 Å². The third-order valence-corrected chi connectivity index (χ3v) is 3.92. The Labute approximate surface area is 125 Å². The Kier molecular flexibility index (Phi) is 6.17. The molecule has 0 spiro atoms. The summed E-state index contributed by atoms with van der Waals surface area (Å²) >= 11 is 0. The Morgan fingerprint density at radius 2 is 2.05 bits per heavy atom. The molecule has 1 rings (SSSR count). The third-order valence-electron chi connectivity index (χ3n) is 2.99. The van der Waals surface area contributed by atoms with Crippen molar-refractivity contribution in [1.82, 2.24) is 0 Å².